The molecule has 2 atom stereocenters. The molecule has 2 aliphatic rings. The molecule has 2 amide bonds. The summed E-state index contributed by atoms with van der Waals surface area (Å²) in [6.45, 7) is 1.58. The van der Waals surface area contributed by atoms with E-state index in [1.54, 1.807) is 6.08 Å². The maximum Gasteiger partial charge on any atom is 0.411 e. The number of carbonyl (C=O) groups excluding carboxylic acids is 3. The number of ether oxygens (including phenoxy) is 5. The monoisotopic (exact) mass is 630 g/mol. The topological polar surface area (TPSA) is 124 Å². The number of carbonyl (C=O) groups is 3. The molecule has 2 aliphatic heterocycles. The van der Waals surface area contributed by atoms with Crippen LogP contribution in [0.3, 0.4) is 0 Å². The molecule has 5 rings (SSSR count). The standard InChI is InChI=1S/C35H38N2O9/c1-22-31(43-3)26-17-25-18-36(35(41)46-21-24-13-9-6-10-14-24)27(15-16-29(39)42-2)34(40)37(25)28(19-38)30(26)33(32(22)44-4)45-20-23-11-7-5-8-12-23/h5-14,17,27-28,38H,15-16,18-21H2,1-4H3/t27-,28-/m0/s1. The number of aliphatic hydroxyl groups excluding tert-OH is 1. The molecule has 0 unspecified atom stereocenters. The Morgan fingerprint density at radius 1 is 0.870 bits per heavy atom. The third kappa shape index (κ3) is 6.36. The first-order valence-corrected chi connectivity index (χ1v) is 15.0. The molecule has 242 valence electrons. The molecule has 0 aliphatic carbocycles. The molecule has 0 spiro atoms. The fraction of sp³-hybridized carbons (Fsp3) is 0.343. The fourth-order valence-electron chi connectivity index (χ4n) is 6.06. The van der Waals surface area contributed by atoms with Gasteiger partial charge in [0.15, 0.2) is 11.5 Å². The Morgan fingerprint density at radius 2 is 1.50 bits per heavy atom. The predicted molar refractivity (Wildman–Crippen MR) is 168 cm³/mol. The van der Waals surface area contributed by atoms with Crippen molar-refractivity contribution in [1.29, 1.82) is 0 Å². The lowest BCUT2D eigenvalue weighted by Gasteiger charge is -2.47. The molecule has 3 aromatic carbocycles. The number of esters is 1. The van der Waals surface area contributed by atoms with Gasteiger partial charge in [0, 0.05) is 28.8 Å². The number of rotatable bonds is 11. The highest BCUT2D eigenvalue weighted by atomic mass is 16.6. The molecule has 1 saturated heterocycles. The van der Waals surface area contributed by atoms with Crippen molar-refractivity contribution in [2.45, 2.75) is 45.1 Å². The summed E-state index contributed by atoms with van der Waals surface area (Å²) in [5.74, 6) is 0.284. The Kier molecular flexibility index (Phi) is 10.1. The van der Waals surface area contributed by atoms with E-state index in [9.17, 15) is 19.5 Å². The first-order valence-electron chi connectivity index (χ1n) is 15.0. The lowest BCUT2D eigenvalue weighted by atomic mass is 9.87. The zero-order valence-corrected chi connectivity index (χ0v) is 26.4. The number of hydrogen-bond donors (Lipinski definition) is 1. The first-order chi connectivity index (χ1) is 22.3. The first kappa shape index (κ1) is 32.4. The van der Waals surface area contributed by atoms with Crippen molar-refractivity contribution >= 4 is 24.0 Å². The van der Waals surface area contributed by atoms with Crippen LogP contribution in [0.25, 0.3) is 6.08 Å². The minimum Gasteiger partial charge on any atom is -0.496 e. The van der Waals surface area contributed by atoms with Crippen molar-refractivity contribution in [3.8, 4) is 17.2 Å². The van der Waals surface area contributed by atoms with Crippen molar-refractivity contribution in [1.82, 2.24) is 9.80 Å². The van der Waals surface area contributed by atoms with Crippen LogP contribution in [0.1, 0.15) is 46.7 Å². The summed E-state index contributed by atoms with van der Waals surface area (Å²) < 4.78 is 28.5. The number of methoxy groups -OCH3 is 3. The minimum absolute atomic E-state index is 0.00136. The van der Waals surface area contributed by atoms with Gasteiger partial charge in [0.05, 0.1) is 40.5 Å². The maximum atomic E-state index is 14.4. The summed E-state index contributed by atoms with van der Waals surface area (Å²) in [6.07, 6.45) is 0.963. The Labute approximate surface area is 267 Å². The molecule has 11 heteroatoms. The predicted octanol–water partition coefficient (Wildman–Crippen LogP) is 4.78. The van der Waals surface area contributed by atoms with Gasteiger partial charge in [0.25, 0.3) is 0 Å². The molecule has 0 aromatic heterocycles. The second-order valence-electron chi connectivity index (χ2n) is 11.0. The quantitative estimate of drug-likeness (QED) is 0.298. The van der Waals surface area contributed by atoms with Crippen LogP contribution >= 0.6 is 0 Å². The van der Waals surface area contributed by atoms with Crippen molar-refractivity contribution in [2.75, 3.05) is 34.5 Å². The molecule has 1 N–H and O–H groups in total. The van der Waals surface area contributed by atoms with Gasteiger partial charge in [0.2, 0.25) is 5.91 Å². The van der Waals surface area contributed by atoms with E-state index < -0.39 is 36.7 Å². The van der Waals surface area contributed by atoms with Gasteiger partial charge in [-0.15, -0.1) is 0 Å². The van der Waals surface area contributed by atoms with Crippen molar-refractivity contribution in [3.63, 3.8) is 0 Å². The molecule has 2 heterocycles. The van der Waals surface area contributed by atoms with Crippen LogP contribution in [-0.2, 0) is 32.3 Å². The molecule has 0 radical (unpaired) electrons. The van der Waals surface area contributed by atoms with Gasteiger partial charge in [-0.25, -0.2) is 4.79 Å². The van der Waals surface area contributed by atoms with Crippen LogP contribution in [0.5, 0.6) is 17.2 Å². The van der Waals surface area contributed by atoms with Gasteiger partial charge < -0.3 is 33.7 Å². The third-order valence-electron chi connectivity index (χ3n) is 8.26. The summed E-state index contributed by atoms with van der Waals surface area (Å²) in [5.41, 5.74) is 3.95. The van der Waals surface area contributed by atoms with Gasteiger partial charge in [-0.2, -0.15) is 0 Å². The second kappa shape index (κ2) is 14.4. The van der Waals surface area contributed by atoms with Crippen LogP contribution in [0.2, 0.25) is 0 Å². The number of piperazine rings is 1. The molecule has 1 fully saturated rings. The highest BCUT2D eigenvalue weighted by molar-refractivity contribution is 5.92. The fourth-order valence-corrected chi connectivity index (χ4v) is 6.06. The average molecular weight is 631 g/mol. The number of fused-ring (bicyclic) bond motifs is 2. The SMILES string of the molecule is COC(=O)CC[C@H]1C(=O)N2C(=Cc3c(OC)c(C)c(OC)c(OCc4ccccc4)c3[C@@H]2CO)CN1C(=O)OCc1ccccc1. The average Bonchev–Trinajstić information content (AvgIpc) is 3.08. The van der Waals surface area contributed by atoms with Crippen molar-refractivity contribution in [3.05, 3.63) is 94.2 Å². The molecule has 46 heavy (non-hydrogen) atoms. The van der Waals surface area contributed by atoms with Crippen LogP contribution in [0.4, 0.5) is 4.79 Å². The van der Waals surface area contributed by atoms with Crippen LogP contribution < -0.4 is 14.2 Å². The van der Waals surface area contributed by atoms with E-state index in [1.165, 1.54) is 31.1 Å². The molecule has 0 saturated carbocycles. The zero-order valence-electron chi connectivity index (χ0n) is 26.4. The summed E-state index contributed by atoms with van der Waals surface area (Å²) in [6, 6.07) is 16.8. The van der Waals surface area contributed by atoms with E-state index in [4.69, 9.17) is 23.7 Å². The number of nitrogens with zero attached hydrogens (tertiary/aromatic N) is 2. The molecule has 3 aromatic rings. The molecular weight excluding hydrogens is 592 g/mol. The minimum atomic E-state index is -1.06. The lowest BCUT2D eigenvalue weighted by molar-refractivity contribution is -0.144. The van der Waals surface area contributed by atoms with Crippen LogP contribution in [-0.4, -0.2) is 73.4 Å². The Bertz CT molecular complexity index is 1610. The van der Waals surface area contributed by atoms with Crippen molar-refractivity contribution < 1.29 is 43.2 Å². The summed E-state index contributed by atoms with van der Waals surface area (Å²) in [5, 5.41) is 10.9. The summed E-state index contributed by atoms with van der Waals surface area (Å²) >= 11 is 0. The van der Waals surface area contributed by atoms with Crippen LogP contribution in [0, 0.1) is 6.92 Å². The second-order valence-corrected chi connectivity index (χ2v) is 11.0. The van der Waals surface area contributed by atoms with E-state index in [1.807, 2.05) is 67.6 Å². The van der Waals surface area contributed by atoms with Gasteiger partial charge in [-0.1, -0.05) is 60.7 Å². The van der Waals surface area contributed by atoms with Gasteiger partial charge in [0.1, 0.15) is 25.0 Å². The third-order valence-corrected chi connectivity index (χ3v) is 8.26. The van der Waals surface area contributed by atoms with E-state index in [0.29, 0.717) is 39.6 Å². The maximum absolute atomic E-state index is 14.4. The molecule has 11 nitrogen and oxygen atoms in total. The molecule has 0 bridgehead atoms. The highest BCUT2D eigenvalue weighted by Gasteiger charge is 2.47. The van der Waals surface area contributed by atoms with Gasteiger partial charge in [-0.3, -0.25) is 14.5 Å². The van der Waals surface area contributed by atoms with E-state index >= 15 is 0 Å². The number of amides is 2. The van der Waals surface area contributed by atoms with E-state index in [-0.39, 0.29) is 32.6 Å². The molecular formula is C35H38N2O9. The Morgan fingerprint density at radius 3 is 2.09 bits per heavy atom. The van der Waals surface area contributed by atoms with Gasteiger partial charge in [-0.05, 0) is 30.5 Å². The Balaban J connectivity index is 1.58. The highest BCUT2D eigenvalue weighted by Crippen LogP contribution is 2.52. The van der Waals surface area contributed by atoms with E-state index in [0.717, 1.165) is 11.1 Å². The summed E-state index contributed by atoms with van der Waals surface area (Å²) in [4.78, 5) is 42.8. The van der Waals surface area contributed by atoms with E-state index in [2.05, 4.69) is 0 Å². The van der Waals surface area contributed by atoms with Crippen LogP contribution in [0.15, 0.2) is 66.4 Å². The largest absolute Gasteiger partial charge is 0.496 e. The Hall–Kier alpha value is -5.03. The van der Waals surface area contributed by atoms with Crippen molar-refractivity contribution in [2.24, 2.45) is 0 Å². The summed E-state index contributed by atoms with van der Waals surface area (Å²) in [7, 11) is 4.32. The normalized spacial score (nSPS) is 17.0. The smallest absolute Gasteiger partial charge is 0.411 e. The zero-order chi connectivity index (χ0) is 32.8. The lowest BCUT2D eigenvalue weighted by Crippen LogP contribution is -2.59. The number of aliphatic hydroxyl groups is 1. The number of hydrogen-bond acceptors (Lipinski definition) is 9. The number of benzene rings is 3. The van der Waals surface area contributed by atoms with Gasteiger partial charge >= 0.3 is 12.1 Å².